The van der Waals surface area contributed by atoms with Crippen molar-refractivity contribution >= 4 is 11.9 Å². The van der Waals surface area contributed by atoms with E-state index in [2.05, 4.69) is 25.9 Å². The largest absolute Gasteiger partial charge is 0.497 e. The van der Waals surface area contributed by atoms with Crippen molar-refractivity contribution in [1.82, 2.24) is 20.9 Å². The van der Waals surface area contributed by atoms with Crippen molar-refractivity contribution in [2.24, 2.45) is 4.99 Å². The molecule has 0 saturated carbocycles. The maximum Gasteiger partial charge on any atom is 0.251 e. The zero-order valence-corrected chi connectivity index (χ0v) is 15.5. The fourth-order valence-electron chi connectivity index (χ4n) is 2.22. The number of oxazole rings is 1. The van der Waals surface area contributed by atoms with Gasteiger partial charge in [-0.05, 0) is 32.0 Å². The Labute approximate surface area is 153 Å². The van der Waals surface area contributed by atoms with Gasteiger partial charge < -0.3 is 25.1 Å². The van der Waals surface area contributed by atoms with E-state index in [1.807, 2.05) is 13.8 Å². The fraction of sp³-hybridized carbons (Fsp3) is 0.389. The number of rotatable bonds is 7. The predicted octanol–water partition coefficient (Wildman–Crippen LogP) is 1.40. The molecule has 3 N–H and O–H groups in total. The number of ether oxygens (including phenoxy) is 1. The van der Waals surface area contributed by atoms with E-state index in [0.29, 0.717) is 42.8 Å². The van der Waals surface area contributed by atoms with E-state index in [9.17, 15) is 4.79 Å². The van der Waals surface area contributed by atoms with Crippen molar-refractivity contribution in [3.05, 3.63) is 47.2 Å². The average molecular weight is 359 g/mol. The first-order valence-corrected chi connectivity index (χ1v) is 8.33. The smallest absolute Gasteiger partial charge is 0.251 e. The average Bonchev–Trinajstić information content (AvgIpc) is 2.98. The van der Waals surface area contributed by atoms with E-state index in [-0.39, 0.29) is 5.91 Å². The molecule has 8 heteroatoms. The van der Waals surface area contributed by atoms with Crippen molar-refractivity contribution in [1.29, 1.82) is 0 Å². The molecule has 2 aromatic rings. The van der Waals surface area contributed by atoms with Crippen LogP contribution in [-0.4, -0.2) is 44.1 Å². The lowest BCUT2D eigenvalue weighted by molar-refractivity contribution is 0.0954. The third-order valence-electron chi connectivity index (χ3n) is 3.74. The predicted molar refractivity (Wildman–Crippen MR) is 99.5 cm³/mol. The van der Waals surface area contributed by atoms with Gasteiger partial charge in [0.15, 0.2) is 5.96 Å². The molecule has 2 rings (SSSR count). The van der Waals surface area contributed by atoms with E-state index >= 15 is 0 Å². The van der Waals surface area contributed by atoms with Crippen LogP contribution in [-0.2, 0) is 6.54 Å². The highest BCUT2D eigenvalue weighted by atomic mass is 16.5. The standard InChI is InChI=1S/C18H25N5O3/c1-12-13(2)26-16(23-12)11-22-18(19-3)21-9-8-20-17(24)14-6-5-7-15(10-14)25-4/h5-7,10H,8-9,11H2,1-4H3,(H,20,24)(H2,19,21,22). The maximum absolute atomic E-state index is 12.1. The minimum absolute atomic E-state index is 0.153. The fourth-order valence-corrected chi connectivity index (χ4v) is 2.22. The molecule has 0 aliphatic carbocycles. The molecule has 0 spiro atoms. The SMILES string of the molecule is CN=C(NCCNC(=O)c1cccc(OC)c1)NCc1nc(C)c(C)o1. The number of amides is 1. The first kappa shape index (κ1) is 19.3. The second-order valence-corrected chi connectivity index (χ2v) is 5.59. The highest BCUT2D eigenvalue weighted by Crippen LogP contribution is 2.12. The number of aryl methyl sites for hydroxylation is 2. The number of guanidine groups is 1. The molecule has 1 amide bonds. The first-order chi connectivity index (χ1) is 12.5. The lowest BCUT2D eigenvalue weighted by atomic mass is 10.2. The number of aromatic nitrogens is 1. The summed E-state index contributed by atoms with van der Waals surface area (Å²) in [5.74, 6) is 2.52. The third-order valence-corrected chi connectivity index (χ3v) is 3.74. The quantitative estimate of drug-likeness (QED) is 0.392. The Morgan fingerprint density at radius 3 is 2.65 bits per heavy atom. The number of methoxy groups -OCH3 is 1. The molecule has 8 nitrogen and oxygen atoms in total. The van der Waals surface area contributed by atoms with Crippen molar-refractivity contribution < 1.29 is 13.9 Å². The van der Waals surface area contributed by atoms with E-state index in [1.165, 1.54) is 0 Å². The van der Waals surface area contributed by atoms with Crippen LogP contribution in [0, 0.1) is 13.8 Å². The molecule has 1 heterocycles. The molecule has 0 fully saturated rings. The molecule has 0 saturated heterocycles. The number of nitrogens with zero attached hydrogens (tertiary/aromatic N) is 2. The summed E-state index contributed by atoms with van der Waals surface area (Å²) in [5, 5.41) is 9.08. The Morgan fingerprint density at radius 2 is 2.00 bits per heavy atom. The van der Waals surface area contributed by atoms with Crippen molar-refractivity contribution in [3.63, 3.8) is 0 Å². The van der Waals surface area contributed by atoms with Crippen LogP contribution < -0.4 is 20.7 Å². The van der Waals surface area contributed by atoms with Gasteiger partial charge in [-0.25, -0.2) is 4.98 Å². The van der Waals surface area contributed by atoms with Crippen molar-refractivity contribution in [3.8, 4) is 5.75 Å². The van der Waals surface area contributed by atoms with Gasteiger partial charge in [0.25, 0.3) is 5.91 Å². The second kappa shape index (κ2) is 9.45. The maximum atomic E-state index is 12.1. The topological polar surface area (TPSA) is 101 Å². The molecule has 26 heavy (non-hydrogen) atoms. The molecule has 1 aromatic carbocycles. The molecule has 0 radical (unpaired) electrons. The summed E-state index contributed by atoms with van der Waals surface area (Å²) >= 11 is 0. The summed E-state index contributed by atoms with van der Waals surface area (Å²) in [5.41, 5.74) is 1.44. The number of aliphatic imine (C=N–C) groups is 1. The van der Waals surface area contributed by atoms with Gasteiger partial charge in [-0.15, -0.1) is 0 Å². The summed E-state index contributed by atoms with van der Waals surface area (Å²) in [6.45, 7) is 5.20. The van der Waals surface area contributed by atoms with Gasteiger partial charge in [0.05, 0.1) is 19.3 Å². The summed E-state index contributed by atoms with van der Waals surface area (Å²) in [6, 6.07) is 7.02. The van der Waals surface area contributed by atoms with Crippen LogP contribution in [0.4, 0.5) is 0 Å². The van der Waals surface area contributed by atoms with Gasteiger partial charge >= 0.3 is 0 Å². The number of nitrogens with one attached hydrogen (secondary N) is 3. The molecular weight excluding hydrogens is 334 g/mol. The number of hydrogen-bond acceptors (Lipinski definition) is 5. The van der Waals surface area contributed by atoms with Gasteiger partial charge in [-0.3, -0.25) is 9.79 Å². The van der Waals surface area contributed by atoms with Crippen LogP contribution in [0.2, 0.25) is 0 Å². The van der Waals surface area contributed by atoms with Gasteiger partial charge in [0.1, 0.15) is 11.5 Å². The van der Waals surface area contributed by atoms with Crippen LogP contribution in [0.1, 0.15) is 27.7 Å². The van der Waals surface area contributed by atoms with Gasteiger partial charge in [-0.1, -0.05) is 6.07 Å². The zero-order valence-electron chi connectivity index (χ0n) is 15.5. The Balaban J connectivity index is 1.72. The molecule has 0 bridgehead atoms. The lowest BCUT2D eigenvalue weighted by Crippen LogP contribution is -2.41. The lowest BCUT2D eigenvalue weighted by Gasteiger charge is -2.11. The number of carbonyl (C=O) groups is 1. The second-order valence-electron chi connectivity index (χ2n) is 5.59. The Hall–Kier alpha value is -3.03. The van der Waals surface area contributed by atoms with Gasteiger partial charge in [-0.2, -0.15) is 0 Å². The van der Waals surface area contributed by atoms with Crippen LogP contribution in [0.15, 0.2) is 33.7 Å². The van der Waals surface area contributed by atoms with Gasteiger partial charge in [0.2, 0.25) is 5.89 Å². The number of hydrogen-bond donors (Lipinski definition) is 3. The third kappa shape index (κ3) is 5.51. The van der Waals surface area contributed by atoms with Crippen LogP contribution in [0.3, 0.4) is 0 Å². The molecule has 0 atom stereocenters. The van der Waals surface area contributed by atoms with E-state index in [1.54, 1.807) is 38.4 Å². The highest BCUT2D eigenvalue weighted by Gasteiger charge is 2.07. The summed E-state index contributed by atoms with van der Waals surface area (Å²) in [4.78, 5) is 20.5. The Bertz CT molecular complexity index is 750. The minimum Gasteiger partial charge on any atom is -0.497 e. The monoisotopic (exact) mass is 359 g/mol. The Kier molecular flexibility index (Phi) is 7.02. The zero-order chi connectivity index (χ0) is 18.9. The minimum atomic E-state index is -0.153. The molecule has 0 aliphatic heterocycles. The van der Waals surface area contributed by atoms with Crippen molar-refractivity contribution in [2.75, 3.05) is 27.2 Å². The number of carbonyl (C=O) groups excluding carboxylic acids is 1. The van der Waals surface area contributed by atoms with Crippen LogP contribution in [0.5, 0.6) is 5.75 Å². The van der Waals surface area contributed by atoms with E-state index < -0.39 is 0 Å². The molecular formula is C18H25N5O3. The number of benzene rings is 1. The highest BCUT2D eigenvalue weighted by molar-refractivity contribution is 5.94. The normalized spacial score (nSPS) is 11.2. The Morgan fingerprint density at radius 1 is 1.23 bits per heavy atom. The molecule has 0 aliphatic rings. The van der Waals surface area contributed by atoms with Gasteiger partial charge in [0, 0.05) is 25.7 Å². The summed E-state index contributed by atoms with van der Waals surface area (Å²) < 4.78 is 10.6. The van der Waals surface area contributed by atoms with E-state index in [0.717, 1.165) is 11.5 Å². The van der Waals surface area contributed by atoms with Crippen LogP contribution in [0.25, 0.3) is 0 Å². The van der Waals surface area contributed by atoms with Crippen molar-refractivity contribution in [2.45, 2.75) is 20.4 Å². The first-order valence-electron chi connectivity index (χ1n) is 8.33. The summed E-state index contributed by atoms with van der Waals surface area (Å²) in [7, 11) is 3.25. The van der Waals surface area contributed by atoms with E-state index in [4.69, 9.17) is 9.15 Å². The van der Waals surface area contributed by atoms with Crippen LogP contribution >= 0.6 is 0 Å². The molecule has 1 aromatic heterocycles. The molecule has 140 valence electrons. The molecule has 0 unspecified atom stereocenters. The summed E-state index contributed by atoms with van der Waals surface area (Å²) in [6.07, 6.45) is 0.